The molecule has 6 nitrogen and oxygen atoms in total. The van der Waals surface area contributed by atoms with Crippen LogP contribution >= 0.6 is 7.60 Å². The number of hydrogen-bond acceptors (Lipinski definition) is 6. The summed E-state index contributed by atoms with van der Waals surface area (Å²) >= 11 is 0. The minimum absolute atomic E-state index is 0.230. The number of esters is 1. The van der Waals surface area contributed by atoms with Crippen molar-refractivity contribution in [2.75, 3.05) is 25.9 Å². The van der Waals surface area contributed by atoms with Gasteiger partial charge in [-0.3, -0.25) is 14.3 Å². The summed E-state index contributed by atoms with van der Waals surface area (Å²) in [4.78, 5) is 14.3. The summed E-state index contributed by atoms with van der Waals surface area (Å²) in [5.41, 5.74) is 1.18. The monoisotopic (exact) mass is 355 g/mol. The van der Waals surface area contributed by atoms with Crippen molar-refractivity contribution in [3.63, 3.8) is 0 Å². The second kappa shape index (κ2) is 9.33. The highest BCUT2D eigenvalue weighted by Gasteiger charge is 2.33. The van der Waals surface area contributed by atoms with E-state index in [1.165, 1.54) is 5.56 Å². The lowest BCUT2D eigenvalue weighted by Gasteiger charge is -2.25. The molecule has 1 fully saturated rings. The van der Waals surface area contributed by atoms with Gasteiger partial charge >= 0.3 is 13.6 Å². The van der Waals surface area contributed by atoms with Gasteiger partial charge in [0.15, 0.2) is 6.23 Å². The Hall–Kier alpha value is -1.20. The fourth-order valence-corrected chi connectivity index (χ4v) is 4.23. The van der Waals surface area contributed by atoms with Crippen LogP contribution < -0.4 is 0 Å². The molecule has 0 aromatic heterocycles. The maximum atomic E-state index is 12.4. The summed E-state index contributed by atoms with van der Waals surface area (Å²) in [5.74, 6) is -0.537. The average Bonchev–Trinajstić information content (AvgIpc) is 2.95. The average molecular weight is 355 g/mol. The summed E-state index contributed by atoms with van der Waals surface area (Å²) in [7, 11) is -3.41. The van der Waals surface area contributed by atoms with Crippen LogP contribution in [0.1, 0.15) is 32.3 Å². The summed E-state index contributed by atoms with van der Waals surface area (Å²) in [6.45, 7) is 5.50. The number of likely N-dealkylation sites (tertiary alicyclic amines) is 1. The van der Waals surface area contributed by atoms with E-state index in [-0.39, 0.29) is 25.6 Å². The van der Waals surface area contributed by atoms with Gasteiger partial charge in [0.25, 0.3) is 0 Å². The zero-order valence-electron chi connectivity index (χ0n) is 14.3. The van der Waals surface area contributed by atoms with Crippen molar-refractivity contribution >= 4 is 13.6 Å². The highest BCUT2D eigenvalue weighted by Crippen LogP contribution is 2.48. The first-order valence-corrected chi connectivity index (χ1v) is 10.1. The smallest absolute Gasteiger partial charge is 0.341 e. The molecule has 1 aliphatic rings. The van der Waals surface area contributed by atoms with Crippen molar-refractivity contribution in [1.82, 2.24) is 4.90 Å². The lowest BCUT2D eigenvalue weighted by atomic mass is 10.2. The van der Waals surface area contributed by atoms with Crippen LogP contribution in [-0.2, 0) is 29.7 Å². The van der Waals surface area contributed by atoms with Gasteiger partial charge in [-0.25, -0.2) is 0 Å². The third-order valence-corrected chi connectivity index (χ3v) is 5.72. The molecule has 0 aliphatic carbocycles. The molecule has 1 heterocycles. The topological polar surface area (TPSA) is 65.1 Å². The third kappa shape index (κ3) is 5.71. The van der Waals surface area contributed by atoms with Crippen LogP contribution in [0.5, 0.6) is 0 Å². The first-order chi connectivity index (χ1) is 11.6. The Morgan fingerprint density at radius 3 is 2.50 bits per heavy atom. The van der Waals surface area contributed by atoms with E-state index in [4.69, 9.17) is 13.8 Å². The van der Waals surface area contributed by atoms with Crippen molar-refractivity contribution in [2.24, 2.45) is 0 Å². The van der Waals surface area contributed by atoms with Crippen LogP contribution in [0.2, 0.25) is 0 Å². The van der Waals surface area contributed by atoms with Crippen LogP contribution in [0.4, 0.5) is 0 Å². The lowest BCUT2D eigenvalue weighted by molar-refractivity contribution is -0.154. The highest BCUT2D eigenvalue weighted by atomic mass is 31.2. The minimum Gasteiger partial charge on any atom is -0.446 e. The summed E-state index contributed by atoms with van der Waals surface area (Å²) in [5, 5.41) is 0. The first-order valence-electron chi connectivity index (χ1n) is 8.42. The zero-order chi connectivity index (χ0) is 17.4. The highest BCUT2D eigenvalue weighted by molar-refractivity contribution is 7.54. The normalized spacial score (nSPS) is 18.7. The van der Waals surface area contributed by atoms with E-state index in [0.29, 0.717) is 0 Å². The van der Waals surface area contributed by atoms with Gasteiger partial charge in [-0.05, 0) is 32.3 Å². The minimum atomic E-state index is -3.41. The fraction of sp³-hybridized carbons (Fsp3) is 0.588. The molecule has 0 amide bonds. The maximum Gasteiger partial charge on any atom is 0.341 e. The molecule has 0 radical (unpaired) electrons. The molecule has 0 saturated carbocycles. The summed E-state index contributed by atoms with van der Waals surface area (Å²) < 4.78 is 28.2. The van der Waals surface area contributed by atoms with Crippen molar-refractivity contribution in [1.29, 1.82) is 0 Å². The molecule has 24 heavy (non-hydrogen) atoms. The number of benzene rings is 1. The molecule has 1 unspecified atom stereocenters. The molecule has 1 saturated heterocycles. The van der Waals surface area contributed by atoms with E-state index in [9.17, 15) is 9.36 Å². The Morgan fingerprint density at radius 1 is 1.21 bits per heavy atom. The van der Waals surface area contributed by atoms with Crippen LogP contribution in [0.3, 0.4) is 0 Å². The zero-order valence-corrected chi connectivity index (χ0v) is 15.2. The molecule has 0 spiro atoms. The van der Waals surface area contributed by atoms with Gasteiger partial charge in [0, 0.05) is 13.1 Å². The summed E-state index contributed by atoms with van der Waals surface area (Å²) in [6, 6.07) is 10.1. The molecule has 1 aromatic rings. The molecule has 0 N–H and O–H groups in total. The molecule has 1 aliphatic heterocycles. The number of hydrogen-bond donors (Lipinski definition) is 0. The molecule has 7 heteroatoms. The number of rotatable bonds is 9. The number of ether oxygens (including phenoxy) is 1. The first kappa shape index (κ1) is 19.1. The molecule has 1 atom stereocenters. The van der Waals surface area contributed by atoms with E-state index < -0.39 is 13.6 Å². The quantitative estimate of drug-likeness (QED) is 0.500. The SMILES string of the molecule is CCOP(=O)(CC(=O)OC1CCCN1Cc1ccccc1)OCC. The Bertz CT molecular complexity index is 555. The lowest BCUT2D eigenvalue weighted by Crippen LogP contribution is -2.34. The van der Waals surface area contributed by atoms with Gasteiger partial charge in [0.1, 0.15) is 6.16 Å². The summed E-state index contributed by atoms with van der Waals surface area (Å²) in [6.07, 6.45) is 1.13. The molecular weight excluding hydrogens is 329 g/mol. The van der Waals surface area contributed by atoms with E-state index in [2.05, 4.69) is 17.0 Å². The molecular formula is C17H26NO5P. The standard InChI is InChI=1S/C17H26NO5P/c1-3-21-24(20,22-4-2)14-17(19)23-16-11-8-12-18(16)13-15-9-6-5-7-10-15/h5-7,9-10,16H,3-4,8,11-14H2,1-2H3. The molecule has 1 aromatic carbocycles. The fourth-order valence-electron chi connectivity index (χ4n) is 2.80. The Morgan fingerprint density at radius 2 is 1.88 bits per heavy atom. The van der Waals surface area contributed by atoms with Crippen LogP contribution in [0.15, 0.2) is 30.3 Å². The molecule has 2 rings (SSSR count). The molecule has 0 bridgehead atoms. The number of nitrogens with zero attached hydrogens (tertiary/aromatic N) is 1. The van der Waals surface area contributed by atoms with Crippen molar-refractivity contribution < 1.29 is 23.1 Å². The van der Waals surface area contributed by atoms with E-state index >= 15 is 0 Å². The second-order valence-corrected chi connectivity index (χ2v) is 7.70. The van der Waals surface area contributed by atoms with E-state index in [1.807, 2.05) is 18.2 Å². The number of carbonyl (C=O) groups is 1. The third-order valence-electron chi connectivity index (χ3n) is 3.77. The van der Waals surface area contributed by atoms with Crippen LogP contribution in [0, 0.1) is 0 Å². The van der Waals surface area contributed by atoms with Crippen molar-refractivity contribution in [3.8, 4) is 0 Å². The van der Waals surface area contributed by atoms with Gasteiger partial charge in [-0.2, -0.15) is 0 Å². The molecule has 134 valence electrons. The predicted octanol–water partition coefficient (Wildman–Crippen LogP) is 3.42. The van der Waals surface area contributed by atoms with Crippen LogP contribution in [-0.4, -0.2) is 43.0 Å². The predicted molar refractivity (Wildman–Crippen MR) is 91.7 cm³/mol. The van der Waals surface area contributed by atoms with Gasteiger partial charge in [0.2, 0.25) is 0 Å². The van der Waals surface area contributed by atoms with E-state index in [0.717, 1.165) is 25.9 Å². The Balaban J connectivity index is 1.91. The Kier molecular flexibility index (Phi) is 7.43. The van der Waals surface area contributed by atoms with Gasteiger partial charge < -0.3 is 13.8 Å². The largest absolute Gasteiger partial charge is 0.446 e. The van der Waals surface area contributed by atoms with Crippen molar-refractivity contribution in [3.05, 3.63) is 35.9 Å². The Labute approximate surface area is 143 Å². The second-order valence-electron chi connectivity index (χ2n) is 5.65. The van der Waals surface area contributed by atoms with E-state index in [1.54, 1.807) is 13.8 Å². The van der Waals surface area contributed by atoms with Gasteiger partial charge in [-0.1, -0.05) is 30.3 Å². The number of carbonyl (C=O) groups excluding carboxylic acids is 1. The van der Waals surface area contributed by atoms with Crippen LogP contribution in [0.25, 0.3) is 0 Å². The van der Waals surface area contributed by atoms with Crippen molar-refractivity contribution in [2.45, 2.75) is 39.5 Å². The van der Waals surface area contributed by atoms with Gasteiger partial charge in [-0.15, -0.1) is 0 Å². The maximum absolute atomic E-state index is 12.4. The van der Waals surface area contributed by atoms with Gasteiger partial charge in [0.05, 0.1) is 13.2 Å².